The second kappa shape index (κ2) is 6.65. The van der Waals surface area contributed by atoms with Gasteiger partial charge in [0.25, 0.3) is 0 Å². The highest BCUT2D eigenvalue weighted by molar-refractivity contribution is 5.81. The summed E-state index contributed by atoms with van der Waals surface area (Å²) in [5, 5.41) is 9.06. The van der Waals surface area contributed by atoms with Gasteiger partial charge >= 0.3 is 0 Å². The van der Waals surface area contributed by atoms with E-state index >= 15 is 0 Å². The van der Waals surface area contributed by atoms with Crippen molar-refractivity contribution in [3.63, 3.8) is 0 Å². The number of aromatic amines is 1. The van der Waals surface area contributed by atoms with Crippen LogP contribution in [0, 0.1) is 0 Å². The van der Waals surface area contributed by atoms with Crippen LogP contribution in [0.1, 0.15) is 18.0 Å². The normalized spacial score (nSPS) is 20.8. The maximum atomic E-state index is 5.45. The largest absolute Gasteiger partial charge is 0.378 e. The summed E-state index contributed by atoms with van der Waals surface area (Å²) in [7, 11) is 0. The van der Waals surface area contributed by atoms with Gasteiger partial charge in [-0.05, 0) is 36.8 Å². The van der Waals surface area contributed by atoms with Gasteiger partial charge in [0.05, 0.1) is 24.4 Å². The Morgan fingerprint density at radius 2 is 1.62 bits per heavy atom. The molecule has 5 rings (SSSR count). The van der Waals surface area contributed by atoms with Crippen molar-refractivity contribution in [2.24, 2.45) is 0 Å². The van der Waals surface area contributed by atoms with Crippen LogP contribution >= 0.6 is 0 Å². The zero-order valence-electron chi connectivity index (χ0n) is 14.9. The molecule has 0 saturated carbocycles. The number of ether oxygens (including phenoxy) is 1. The lowest BCUT2D eigenvalue weighted by Crippen LogP contribution is -2.36. The van der Waals surface area contributed by atoms with Crippen LogP contribution in [-0.4, -0.2) is 49.6 Å². The van der Waals surface area contributed by atoms with E-state index in [2.05, 4.69) is 68.5 Å². The van der Waals surface area contributed by atoms with E-state index < -0.39 is 0 Å². The summed E-state index contributed by atoms with van der Waals surface area (Å²) in [5.41, 5.74) is 4.96. The van der Waals surface area contributed by atoms with Crippen molar-refractivity contribution in [1.82, 2.24) is 10.2 Å². The van der Waals surface area contributed by atoms with E-state index in [-0.39, 0.29) is 0 Å². The van der Waals surface area contributed by atoms with Crippen LogP contribution in [0.2, 0.25) is 0 Å². The third kappa shape index (κ3) is 2.82. The summed E-state index contributed by atoms with van der Waals surface area (Å²) < 4.78 is 5.45. The van der Waals surface area contributed by atoms with Crippen molar-refractivity contribution >= 4 is 22.3 Å². The van der Waals surface area contributed by atoms with Crippen molar-refractivity contribution in [3.05, 3.63) is 54.2 Å². The van der Waals surface area contributed by atoms with Crippen LogP contribution in [-0.2, 0) is 4.74 Å². The van der Waals surface area contributed by atoms with Crippen LogP contribution in [0.3, 0.4) is 0 Å². The maximum absolute atomic E-state index is 5.45. The van der Waals surface area contributed by atoms with Crippen molar-refractivity contribution in [1.29, 1.82) is 0 Å². The molecule has 0 aliphatic carbocycles. The van der Waals surface area contributed by atoms with Gasteiger partial charge < -0.3 is 14.5 Å². The zero-order valence-corrected chi connectivity index (χ0v) is 14.9. The molecule has 1 N–H and O–H groups in total. The molecule has 26 heavy (non-hydrogen) atoms. The Bertz CT molecular complexity index is 882. The summed E-state index contributed by atoms with van der Waals surface area (Å²) in [6.45, 7) is 5.74. The minimum Gasteiger partial charge on any atom is -0.378 e. The molecule has 134 valence electrons. The van der Waals surface area contributed by atoms with Gasteiger partial charge in [0.15, 0.2) is 0 Å². The molecule has 2 aliphatic heterocycles. The van der Waals surface area contributed by atoms with Crippen molar-refractivity contribution < 1.29 is 4.74 Å². The van der Waals surface area contributed by atoms with Gasteiger partial charge in [0.2, 0.25) is 0 Å². The fourth-order valence-corrected chi connectivity index (χ4v) is 4.21. The summed E-state index contributed by atoms with van der Waals surface area (Å²) in [4.78, 5) is 4.88. The molecule has 2 saturated heterocycles. The first kappa shape index (κ1) is 15.7. The van der Waals surface area contributed by atoms with E-state index in [1.807, 2.05) is 0 Å². The Kier molecular flexibility index (Phi) is 4.02. The highest BCUT2D eigenvalue weighted by atomic mass is 16.5. The van der Waals surface area contributed by atoms with E-state index in [0.717, 1.165) is 51.3 Å². The van der Waals surface area contributed by atoms with Gasteiger partial charge in [0, 0.05) is 48.9 Å². The van der Waals surface area contributed by atoms with Gasteiger partial charge in [-0.3, -0.25) is 5.10 Å². The molecule has 1 atom stereocenters. The number of fused-ring (bicyclic) bond motifs is 1. The molecule has 5 heteroatoms. The summed E-state index contributed by atoms with van der Waals surface area (Å²) in [6, 6.07) is 17.4. The molecular formula is C21H24N4O. The van der Waals surface area contributed by atoms with E-state index in [1.54, 1.807) is 0 Å². The molecule has 0 bridgehead atoms. The molecule has 3 heterocycles. The Labute approximate surface area is 153 Å². The molecule has 0 spiro atoms. The smallest absolute Gasteiger partial charge is 0.0750 e. The highest BCUT2D eigenvalue weighted by Gasteiger charge is 2.27. The minimum atomic E-state index is 0.491. The molecule has 2 fully saturated rings. The third-order valence-corrected chi connectivity index (χ3v) is 5.67. The van der Waals surface area contributed by atoms with Crippen molar-refractivity contribution in [2.45, 2.75) is 12.3 Å². The lowest BCUT2D eigenvalue weighted by molar-refractivity contribution is 0.122. The average molecular weight is 348 g/mol. The predicted octanol–water partition coefficient (Wildman–Crippen LogP) is 3.39. The van der Waals surface area contributed by atoms with E-state index in [9.17, 15) is 0 Å². The monoisotopic (exact) mass is 348 g/mol. The first-order valence-electron chi connectivity index (χ1n) is 9.49. The third-order valence-electron chi connectivity index (χ3n) is 5.67. The van der Waals surface area contributed by atoms with Crippen molar-refractivity contribution in [2.75, 3.05) is 49.2 Å². The quantitative estimate of drug-likeness (QED) is 0.788. The summed E-state index contributed by atoms with van der Waals surface area (Å²) in [5.74, 6) is 0.491. The molecular weight excluding hydrogens is 324 g/mol. The number of nitrogens with one attached hydrogen (secondary N) is 1. The Morgan fingerprint density at radius 1 is 0.885 bits per heavy atom. The summed E-state index contributed by atoms with van der Waals surface area (Å²) >= 11 is 0. The van der Waals surface area contributed by atoms with Gasteiger partial charge in [-0.15, -0.1) is 0 Å². The van der Waals surface area contributed by atoms with Crippen LogP contribution < -0.4 is 9.80 Å². The van der Waals surface area contributed by atoms with Crippen LogP contribution in [0.5, 0.6) is 0 Å². The fourth-order valence-electron chi connectivity index (χ4n) is 4.21. The van der Waals surface area contributed by atoms with Crippen LogP contribution in [0.15, 0.2) is 48.5 Å². The number of nitrogens with zero attached hydrogens (tertiary/aromatic N) is 3. The molecule has 2 aliphatic rings. The standard InChI is InChI=1S/C21H24N4O/c1-2-4-20-19(3-1)21(23-22-20)16-9-10-25(15-16)18-7-5-17(6-8-18)24-11-13-26-14-12-24/h1-8,16H,9-15H2,(H,22,23). The predicted molar refractivity (Wildman–Crippen MR) is 105 cm³/mol. The van der Waals surface area contributed by atoms with Gasteiger partial charge in [-0.2, -0.15) is 5.10 Å². The fraction of sp³-hybridized carbons (Fsp3) is 0.381. The summed E-state index contributed by atoms with van der Waals surface area (Å²) in [6.07, 6.45) is 1.15. The molecule has 5 nitrogen and oxygen atoms in total. The van der Waals surface area contributed by atoms with Gasteiger partial charge in [-0.1, -0.05) is 18.2 Å². The number of morpholine rings is 1. The van der Waals surface area contributed by atoms with E-state index in [4.69, 9.17) is 4.74 Å². The highest BCUT2D eigenvalue weighted by Crippen LogP contribution is 2.33. The molecule has 0 radical (unpaired) electrons. The zero-order chi connectivity index (χ0) is 17.3. The topological polar surface area (TPSA) is 44.4 Å². The first-order valence-corrected chi connectivity index (χ1v) is 9.49. The molecule has 1 aromatic heterocycles. The Morgan fingerprint density at radius 3 is 2.42 bits per heavy atom. The molecule has 1 unspecified atom stereocenters. The first-order chi connectivity index (χ1) is 12.9. The number of rotatable bonds is 3. The SMILES string of the molecule is c1ccc2c(C3CCN(c4ccc(N5CCOCC5)cc4)C3)n[nH]c2c1. The second-order valence-electron chi connectivity index (χ2n) is 7.20. The van der Waals surface area contributed by atoms with Crippen LogP contribution in [0.25, 0.3) is 10.9 Å². The minimum absolute atomic E-state index is 0.491. The lowest BCUT2D eigenvalue weighted by atomic mass is 10.0. The number of para-hydroxylation sites is 1. The maximum Gasteiger partial charge on any atom is 0.0750 e. The van der Waals surface area contributed by atoms with Gasteiger partial charge in [-0.25, -0.2) is 0 Å². The number of hydrogen-bond acceptors (Lipinski definition) is 4. The second-order valence-corrected chi connectivity index (χ2v) is 7.20. The van der Waals surface area contributed by atoms with Crippen LogP contribution in [0.4, 0.5) is 11.4 Å². The van der Waals surface area contributed by atoms with Crippen molar-refractivity contribution in [3.8, 4) is 0 Å². The number of anilines is 2. The number of benzene rings is 2. The molecule has 0 amide bonds. The molecule has 2 aromatic carbocycles. The Balaban J connectivity index is 1.31. The number of hydrogen-bond donors (Lipinski definition) is 1. The van der Waals surface area contributed by atoms with E-state index in [1.165, 1.54) is 22.5 Å². The number of aromatic nitrogens is 2. The van der Waals surface area contributed by atoms with E-state index in [0.29, 0.717) is 5.92 Å². The number of H-pyrrole nitrogens is 1. The lowest BCUT2D eigenvalue weighted by Gasteiger charge is -2.29. The average Bonchev–Trinajstić information content (AvgIpc) is 3.36. The Hall–Kier alpha value is -2.53. The molecule has 3 aromatic rings. The van der Waals surface area contributed by atoms with Gasteiger partial charge in [0.1, 0.15) is 0 Å².